The number of aromatic hydroxyl groups is 1. The van der Waals surface area contributed by atoms with Gasteiger partial charge in [0.1, 0.15) is 22.7 Å². The Labute approximate surface area is 237 Å². The number of ketones is 1. The molecule has 0 saturated heterocycles. The Kier molecular flexibility index (Phi) is 7.62. The van der Waals surface area contributed by atoms with E-state index < -0.39 is 17.2 Å². The molecule has 1 aliphatic rings. The zero-order valence-corrected chi connectivity index (χ0v) is 23.0. The van der Waals surface area contributed by atoms with Gasteiger partial charge in [0.25, 0.3) is 0 Å². The van der Waals surface area contributed by atoms with Gasteiger partial charge in [0.2, 0.25) is 0 Å². The van der Waals surface area contributed by atoms with Crippen LogP contribution in [-0.2, 0) is 9.53 Å². The number of hydrogen-bond acceptors (Lipinski definition) is 7. The highest BCUT2D eigenvalue weighted by Gasteiger charge is 2.33. The smallest absolute Gasteiger partial charge is 0.336 e. The monoisotopic (exact) mass is 550 g/mol. The predicted octanol–water partition coefficient (Wildman–Crippen LogP) is 6.82. The van der Waals surface area contributed by atoms with Gasteiger partial charge in [-0.2, -0.15) is 0 Å². The summed E-state index contributed by atoms with van der Waals surface area (Å²) in [7, 11) is 0. The molecule has 0 amide bonds. The van der Waals surface area contributed by atoms with Gasteiger partial charge in [0.05, 0.1) is 17.6 Å². The fourth-order valence-corrected chi connectivity index (χ4v) is 4.81. The summed E-state index contributed by atoms with van der Waals surface area (Å²) in [6.45, 7) is 5.44. The summed E-state index contributed by atoms with van der Waals surface area (Å²) in [5.74, 6) is -1.43. The number of esters is 1. The van der Waals surface area contributed by atoms with Gasteiger partial charge in [-0.15, -0.1) is 0 Å². The Balaban J connectivity index is 1.48. The van der Waals surface area contributed by atoms with Gasteiger partial charge in [0.15, 0.2) is 11.4 Å². The molecule has 0 fully saturated rings. The van der Waals surface area contributed by atoms with Gasteiger partial charge in [-0.25, -0.2) is 9.59 Å². The van der Waals surface area contributed by atoms with Crippen LogP contribution in [0.1, 0.15) is 48.7 Å². The van der Waals surface area contributed by atoms with E-state index in [-0.39, 0.29) is 52.8 Å². The van der Waals surface area contributed by atoms with Crippen LogP contribution in [0.4, 0.5) is 0 Å². The molecular weight excluding hydrogens is 520 g/mol. The maximum atomic E-state index is 13.8. The van der Waals surface area contributed by atoms with E-state index in [9.17, 15) is 19.5 Å². The minimum absolute atomic E-state index is 0.00175. The number of carbonyl (C=O) groups is 2. The van der Waals surface area contributed by atoms with Crippen LogP contribution in [0.3, 0.4) is 0 Å². The Bertz CT molecular complexity index is 1730. The summed E-state index contributed by atoms with van der Waals surface area (Å²) in [4.78, 5) is 38.6. The molecule has 4 aromatic rings. The Morgan fingerprint density at radius 2 is 1.73 bits per heavy atom. The number of hydrogen-bond donors (Lipinski definition) is 1. The minimum Gasteiger partial charge on any atom is -0.506 e. The maximum absolute atomic E-state index is 13.8. The van der Waals surface area contributed by atoms with Crippen molar-refractivity contribution in [3.05, 3.63) is 106 Å². The molecule has 1 N–H and O–H groups in total. The highest BCUT2D eigenvalue weighted by Crippen LogP contribution is 2.47. The summed E-state index contributed by atoms with van der Waals surface area (Å²) < 4.78 is 17.1. The number of carbonyl (C=O) groups excluding carboxylic acids is 2. The molecule has 0 saturated carbocycles. The van der Waals surface area contributed by atoms with Crippen LogP contribution in [0.15, 0.2) is 88.1 Å². The number of benzene rings is 3. The number of phenolic OH excluding ortho intramolecular Hbond substituents is 1. The molecule has 41 heavy (non-hydrogen) atoms. The standard InChI is InChI=1S/C34H30O7/c1-21(20-39-27(36)15-14-22-10-6-4-7-11-22)18-26(35)30-31(38)29-25(23-12-8-5-9-13-23)19-28(37)40-32(29)24-16-17-34(2,3)41-33(24)30/h4-17,19,21,38H,18,20H2,1-3H3/b15-14+/t21-/m0/s1. The van der Waals surface area contributed by atoms with Gasteiger partial charge >= 0.3 is 11.6 Å². The first-order chi connectivity index (χ1) is 19.6. The number of Topliss-reactive ketones (excluding diaryl/α,β-unsaturated/α-hetero) is 1. The van der Waals surface area contributed by atoms with E-state index in [0.29, 0.717) is 16.7 Å². The molecule has 7 heteroatoms. The second kappa shape index (κ2) is 11.3. The third-order valence-electron chi connectivity index (χ3n) is 6.79. The fourth-order valence-electron chi connectivity index (χ4n) is 4.81. The van der Waals surface area contributed by atoms with E-state index >= 15 is 0 Å². The molecule has 0 aliphatic carbocycles. The first-order valence-corrected chi connectivity index (χ1v) is 13.4. The van der Waals surface area contributed by atoms with Crippen LogP contribution in [0.25, 0.3) is 34.2 Å². The molecular formula is C34H30O7. The zero-order valence-electron chi connectivity index (χ0n) is 23.0. The molecule has 7 nitrogen and oxygen atoms in total. The van der Waals surface area contributed by atoms with Gasteiger partial charge in [0, 0.05) is 24.1 Å². The average molecular weight is 551 g/mol. The molecule has 2 heterocycles. The molecule has 208 valence electrons. The predicted molar refractivity (Wildman–Crippen MR) is 158 cm³/mol. The lowest BCUT2D eigenvalue weighted by Crippen LogP contribution is -2.29. The molecule has 1 aromatic heterocycles. The van der Waals surface area contributed by atoms with Crippen molar-refractivity contribution in [1.82, 2.24) is 0 Å². The van der Waals surface area contributed by atoms with E-state index in [1.54, 1.807) is 25.2 Å². The molecule has 0 unspecified atom stereocenters. The van der Waals surface area contributed by atoms with Crippen LogP contribution in [-0.4, -0.2) is 29.1 Å². The lowest BCUT2D eigenvalue weighted by molar-refractivity contribution is -0.138. The zero-order chi connectivity index (χ0) is 29.1. The third kappa shape index (κ3) is 5.99. The van der Waals surface area contributed by atoms with Gasteiger partial charge < -0.3 is 19.0 Å². The molecule has 3 aromatic carbocycles. The van der Waals surface area contributed by atoms with Gasteiger partial charge in [-0.1, -0.05) is 67.6 Å². The van der Waals surface area contributed by atoms with Crippen LogP contribution in [0, 0.1) is 5.92 Å². The SMILES string of the molecule is C[C@H](COC(=O)/C=C/c1ccccc1)CC(=O)c1c2c(c3oc(=O)cc(-c4ccccc4)c3c1O)C=CC(C)(C)O2. The fraction of sp³-hybridized carbons (Fsp3) is 0.206. The maximum Gasteiger partial charge on any atom is 0.336 e. The highest BCUT2D eigenvalue weighted by atomic mass is 16.5. The first-order valence-electron chi connectivity index (χ1n) is 13.4. The summed E-state index contributed by atoms with van der Waals surface area (Å²) in [5, 5.41) is 11.9. The summed E-state index contributed by atoms with van der Waals surface area (Å²) in [5.41, 5.74) is 1.17. The van der Waals surface area contributed by atoms with Crippen molar-refractivity contribution in [2.45, 2.75) is 32.8 Å². The summed E-state index contributed by atoms with van der Waals surface area (Å²) in [6.07, 6.45) is 6.54. The van der Waals surface area contributed by atoms with Crippen molar-refractivity contribution in [3.63, 3.8) is 0 Å². The lowest BCUT2D eigenvalue weighted by Gasteiger charge is -2.30. The second-order valence-corrected chi connectivity index (χ2v) is 10.7. The van der Waals surface area contributed by atoms with Gasteiger partial charge in [-0.3, -0.25) is 4.79 Å². The lowest BCUT2D eigenvalue weighted by atomic mass is 9.89. The Morgan fingerprint density at radius 1 is 1.05 bits per heavy atom. The van der Waals surface area contributed by atoms with Crippen LogP contribution in [0.2, 0.25) is 0 Å². The average Bonchev–Trinajstić information content (AvgIpc) is 2.95. The van der Waals surface area contributed by atoms with E-state index in [2.05, 4.69) is 0 Å². The second-order valence-electron chi connectivity index (χ2n) is 10.7. The first kappa shape index (κ1) is 27.6. The minimum atomic E-state index is -0.772. The molecule has 0 bridgehead atoms. The Morgan fingerprint density at radius 3 is 2.44 bits per heavy atom. The third-order valence-corrected chi connectivity index (χ3v) is 6.79. The van der Waals surface area contributed by atoms with Crippen molar-refractivity contribution in [3.8, 4) is 22.6 Å². The largest absolute Gasteiger partial charge is 0.506 e. The van der Waals surface area contributed by atoms with Crippen molar-refractivity contribution in [1.29, 1.82) is 0 Å². The molecule has 1 atom stereocenters. The van der Waals surface area contributed by atoms with Crippen LogP contribution in [0.5, 0.6) is 11.5 Å². The molecule has 0 radical (unpaired) electrons. The van der Waals surface area contributed by atoms with Crippen LogP contribution >= 0.6 is 0 Å². The molecule has 1 aliphatic heterocycles. The van der Waals surface area contributed by atoms with Crippen LogP contribution < -0.4 is 10.4 Å². The van der Waals surface area contributed by atoms with E-state index in [0.717, 1.165) is 5.56 Å². The van der Waals surface area contributed by atoms with E-state index in [4.69, 9.17) is 13.9 Å². The summed E-state index contributed by atoms with van der Waals surface area (Å²) >= 11 is 0. The number of fused-ring (bicyclic) bond motifs is 3. The van der Waals surface area contributed by atoms with Gasteiger partial charge in [-0.05, 0) is 49.1 Å². The van der Waals surface area contributed by atoms with Crippen molar-refractivity contribution in [2.75, 3.05) is 6.61 Å². The topological polar surface area (TPSA) is 103 Å². The number of rotatable bonds is 8. The molecule has 5 rings (SSSR count). The highest BCUT2D eigenvalue weighted by molar-refractivity contribution is 6.13. The molecule has 0 spiro atoms. The summed E-state index contributed by atoms with van der Waals surface area (Å²) in [6, 6.07) is 19.8. The van der Waals surface area contributed by atoms with Crippen molar-refractivity contribution in [2.24, 2.45) is 5.92 Å². The normalized spacial score (nSPS) is 14.4. The van der Waals surface area contributed by atoms with E-state index in [1.165, 1.54) is 12.1 Å². The van der Waals surface area contributed by atoms with Crippen molar-refractivity contribution >= 4 is 34.9 Å². The number of phenols is 1. The number of ether oxygens (including phenoxy) is 2. The quantitative estimate of drug-likeness (QED) is 0.111. The van der Waals surface area contributed by atoms with Crippen molar-refractivity contribution < 1.29 is 28.6 Å². The van der Waals surface area contributed by atoms with E-state index in [1.807, 2.05) is 74.5 Å². The Hall–Kier alpha value is -4.91.